The summed E-state index contributed by atoms with van der Waals surface area (Å²) in [7, 11) is -4.40. The standard InChI is InChI=1S/C35H46FN5O9S/c1-34(2,3)50-32(45)37-27-13-8-6-4-5-7-11-22-17-35(22,31(44)39-51(47,48)24-14-15-24)38-29(42)28-16-23(19-41(28)30(27)43)49-33(46)40-18-21-10-9-12-26(36)25(21)20-40/h7,9-12,22-24,27-28H,4-6,8,13-20H2,1-3H3,(H,37,45)(H,38,42)(H,39,44)/b11-7+/t22-,23-,27+,28+,35+/m1/s1/i1D3,2D3,3D3,4D2,5D2,6D2,8D2,13D2. The zero-order chi connectivity index (χ0) is 53.2. The van der Waals surface area contributed by atoms with E-state index in [-0.39, 0.29) is 36.4 Å². The first-order chi connectivity index (χ1) is 31.5. The lowest BCUT2D eigenvalue weighted by molar-refractivity contribution is -0.141. The Hall–Kier alpha value is -4.21. The molecule has 0 spiro atoms. The van der Waals surface area contributed by atoms with Gasteiger partial charge in [0, 0.05) is 50.5 Å². The number of carbonyl (C=O) groups excluding carboxylic acids is 5. The van der Waals surface area contributed by atoms with Crippen molar-refractivity contribution in [3.8, 4) is 0 Å². The Morgan fingerprint density at radius 3 is 2.65 bits per heavy atom. The average Bonchev–Trinajstić information content (AvgIpc) is 4.09. The van der Waals surface area contributed by atoms with Gasteiger partial charge in [0.25, 0.3) is 5.91 Å². The lowest BCUT2D eigenvalue weighted by Crippen LogP contribution is -2.58. The molecule has 5 atom stereocenters. The lowest BCUT2D eigenvalue weighted by atomic mass is 10.0. The molecule has 3 aliphatic heterocycles. The summed E-state index contributed by atoms with van der Waals surface area (Å²) in [5.41, 5.74) is -6.39. The van der Waals surface area contributed by atoms with E-state index in [9.17, 15) is 32.0 Å². The molecule has 0 aromatic heterocycles. The number of hydrogen-bond donors (Lipinski definition) is 3. The molecular formula is C35H46FN5O9S. The second-order valence-corrected chi connectivity index (χ2v) is 14.6. The number of ether oxygens (including phenoxy) is 2. The molecule has 5 aliphatic rings. The van der Waals surface area contributed by atoms with Crippen LogP contribution in [0.5, 0.6) is 0 Å². The van der Waals surface area contributed by atoms with Crippen LogP contribution in [0.2, 0.25) is 0 Å². The quantitative estimate of drug-likeness (QED) is 0.381. The van der Waals surface area contributed by atoms with Crippen molar-refractivity contribution in [3.05, 3.63) is 47.3 Å². The van der Waals surface area contributed by atoms with Crippen molar-refractivity contribution in [2.24, 2.45) is 5.92 Å². The molecule has 2 aliphatic carbocycles. The number of alkyl carbamates (subject to hydrolysis) is 1. The van der Waals surface area contributed by atoms with Crippen molar-refractivity contribution >= 4 is 39.9 Å². The summed E-state index contributed by atoms with van der Waals surface area (Å²) < 4.78 is 211. The Morgan fingerprint density at radius 2 is 1.92 bits per heavy atom. The van der Waals surface area contributed by atoms with Crippen LogP contribution in [-0.4, -0.2) is 89.2 Å². The molecule has 16 heteroatoms. The minimum Gasteiger partial charge on any atom is -0.444 e. The molecule has 14 nitrogen and oxygen atoms in total. The van der Waals surface area contributed by atoms with Gasteiger partial charge >= 0.3 is 12.2 Å². The van der Waals surface area contributed by atoms with E-state index in [0.717, 1.165) is 17.0 Å². The number of amides is 5. The Kier molecular flexibility index (Phi) is 5.40. The molecule has 2 saturated carbocycles. The Labute approximate surface area is 323 Å². The fourth-order valence-electron chi connectivity index (χ4n) is 6.06. The van der Waals surface area contributed by atoms with Gasteiger partial charge in [-0.2, -0.15) is 0 Å². The molecule has 0 unspecified atom stereocenters. The highest BCUT2D eigenvalue weighted by atomic mass is 32.2. The highest BCUT2D eigenvalue weighted by Crippen LogP contribution is 2.46. The van der Waals surface area contributed by atoms with Crippen molar-refractivity contribution < 1.29 is 72.3 Å². The second kappa shape index (κ2) is 14.1. The van der Waals surface area contributed by atoms with Gasteiger partial charge in [-0.1, -0.05) is 37.0 Å². The van der Waals surface area contributed by atoms with E-state index >= 15 is 4.79 Å². The number of sulfonamides is 1. The average molecular weight is 751 g/mol. The van der Waals surface area contributed by atoms with Crippen LogP contribution in [0.3, 0.4) is 0 Å². The maximum absolute atomic E-state index is 15.0. The predicted molar refractivity (Wildman–Crippen MR) is 180 cm³/mol. The van der Waals surface area contributed by atoms with Gasteiger partial charge in [0.2, 0.25) is 21.8 Å². The molecule has 0 radical (unpaired) electrons. The van der Waals surface area contributed by atoms with E-state index < -0.39 is 158 Å². The first kappa shape index (κ1) is 19.6. The molecule has 3 N–H and O–H groups in total. The lowest BCUT2D eigenvalue weighted by Gasteiger charge is -2.30. The van der Waals surface area contributed by atoms with Crippen molar-refractivity contribution in [3.63, 3.8) is 0 Å². The van der Waals surface area contributed by atoms with Crippen molar-refractivity contribution in [2.75, 3.05) is 6.54 Å². The summed E-state index contributed by atoms with van der Waals surface area (Å²) in [6, 6.07) is -1.63. The monoisotopic (exact) mass is 750 g/mol. The van der Waals surface area contributed by atoms with Crippen molar-refractivity contribution in [2.45, 2.75) is 126 Å². The molecule has 3 fully saturated rings. The van der Waals surface area contributed by atoms with Crippen LogP contribution in [0.25, 0.3) is 0 Å². The summed E-state index contributed by atoms with van der Waals surface area (Å²) in [5, 5.41) is 2.63. The third kappa shape index (κ3) is 8.31. The fraction of sp³-hybridized carbons (Fsp3) is 0.629. The first-order valence-corrected chi connectivity index (χ1v) is 17.2. The molecule has 1 aromatic carbocycles. The van der Waals surface area contributed by atoms with Gasteiger partial charge < -0.3 is 25.0 Å². The van der Waals surface area contributed by atoms with Crippen LogP contribution in [0.4, 0.5) is 14.0 Å². The summed E-state index contributed by atoms with van der Waals surface area (Å²) in [6.07, 6.45) is -27.1. The number of nitrogens with one attached hydrogen (secondary N) is 3. The van der Waals surface area contributed by atoms with E-state index in [1.165, 1.54) is 17.4 Å². The van der Waals surface area contributed by atoms with Crippen LogP contribution in [0.1, 0.15) is 115 Å². The molecule has 0 bridgehead atoms. The van der Waals surface area contributed by atoms with Gasteiger partial charge in [0.05, 0.1) is 18.3 Å². The number of carbonyl (C=O) groups is 5. The van der Waals surface area contributed by atoms with Crippen molar-refractivity contribution in [1.29, 1.82) is 0 Å². The molecule has 6 rings (SSSR count). The van der Waals surface area contributed by atoms with Gasteiger partial charge in [-0.3, -0.25) is 24.0 Å². The Morgan fingerprint density at radius 1 is 1.14 bits per heavy atom. The van der Waals surface area contributed by atoms with Crippen molar-refractivity contribution in [1.82, 2.24) is 25.2 Å². The number of halogens is 1. The van der Waals surface area contributed by atoms with Gasteiger partial charge in [0.1, 0.15) is 35.1 Å². The number of fused-ring (bicyclic) bond motifs is 3. The zero-order valence-electron chi connectivity index (χ0n) is 45.6. The number of rotatable bonds is 5. The van der Waals surface area contributed by atoms with Gasteiger partial charge in [-0.05, 0) is 70.6 Å². The number of nitrogens with zero attached hydrogens (tertiary/aromatic N) is 2. The third-order valence-electron chi connectivity index (χ3n) is 8.84. The Balaban J connectivity index is 1.50. The number of benzene rings is 1. The Bertz CT molecular complexity index is 2450. The fourth-order valence-corrected chi connectivity index (χ4v) is 7.43. The van der Waals surface area contributed by atoms with Crippen LogP contribution in [-0.2, 0) is 47.0 Å². The smallest absolute Gasteiger partial charge is 0.410 e. The van der Waals surface area contributed by atoms with Crippen LogP contribution in [0.15, 0.2) is 30.4 Å². The SMILES string of the molecule is [2H]C([2H])([2H])C(OC(=O)N[C@@H]1C(=O)N2C[C@H](OC(=O)N3Cc4cccc(F)c4C3)C[C@H]2C(=O)N[C@@]2(C(=O)NS(=O)(=O)C3CC3)C[C@H]2/C=C/C([2H])([2H])C([2H])([2H])C([2H])([2H])C([2H])([2H])C1([2H])[2H])(C([2H])([2H])[2H])C([2H])([2H])[2H]. The molecule has 1 aromatic rings. The molecule has 1 saturated heterocycles. The largest absolute Gasteiger partial charge is 0.444 e. The highest BCUT2D eigenvalue weighted by molar-refractivity contribution is 7.91. The molecule has 278 valence electrons. The second-order valence-electron chi connectivity index (χ2n) is 12.6. The molecular weight excluding hydrogens is 685 g/mol. The van der Waals surface area contributed by atoms with Crippen LogP contribution >= 0.6 is 0 Å². The zero-order valence-corrected chi connectivity index (χ0v) is 27.4. The van der Waals surface area contributed by atoms with Crippen LogP contribution in [0, 0.1) is 11.7 Å². The molecule has 5 amide bonds. The predicted octanol–water partition coefficient (Wildman–Crippen LogP) is 3.14. The van der Waals surface area contributed by atoms with E-state index in [0.29, 0.717) is 11.6 Å². The number of hydrogen-bond acceptors (Lipinski definition) is 9. The molecule has 3 heterocycles. The summed E-state index contributed by atoms with van der Waals surface area (Å²) in [6.45, 7) is -14.5. The summed E-state index contributed by atoms with van der Waals surface area (Å²) in [4.78, 5) is 72.2. The third-order valence-corrected chi connectivity index (χ3v) is 10.7. The van der Waals surface area contributed by atoms with Gasteiger partial charge in [-0.15, -0.1) is 0 Å². The van der Waals surface area contributed by atoms with E-state index in [1.807, 2.05) is 4.72 Å². The maximum atomic E-state index is 15.0. The summed E-state index contributed by atoms with van der Waals surface area (Å²) >= 11 is 0. The minimum absolute atomic E-state index is 0.113. The molecule has 51 heavy (non-hydrogen) atoms. The van der Waals surface area contributed by atoms with Gasteiger partial charge in [-0.25, -0.2) is 22.4 Å². The highest BCUT2D eigenvalue weighted by Gasteiger charge is 2.62. The minimum atomic E-state index is -4.60. The first-order valence-electron chi connectivity index (χ1n) is 25.1. The van der Waals surface area contributed by atoms with E-state index in [4.69, 9.17) is 30.8 Å². The van der Waals surface area contributed by atoms with E-state index in [2.05, 4.69) is 10.1 Å². The van der Waals surface area contributed by atoms with Gasteiger partial charge in [0.15, 0.2) is 0 Å². The topological polar surface area (TPSA) is 181 Å². The maximum Gasteiger partial charge on any atom is 0.410 e. The number of allylic oxidation sites excluding steroid dienone is 1. The normalized spacial score (nSPS) is 40.1. The van der Waals surface area contributed by atoms with E-state index in [1.54, 1.807) is 0 Å². The van der Waals surface area contributed by atoms with Crippen LogP contribution < -0.4 is 15.4 Å². The summed E-state index contributed by atoms with van der Waals surface area (Å²) in [5.74, 6) is -7.02.